The highest BCUT2D eigenvalue weighted by molar-refractivity contribution is 6.07. The number of fused-ring (bicyclic) bond motifs is 3. The van der Waals surface area contributed by atoms with E-state index in [1.165, 1.54) is 27.4 Å². The van der Waals surface area contributed by atoms with Crippen molar-refractivity contribution in [1.29, 1.82) is 0 Å². The second-order valence-corrected chi connectivity index (χ2v) is 8.72. The van der Waals surface area contributed by atoms with Gasteiger partial charge in [0, 0.05) is 61.1 Å². The summed E-state index contributed by atoms with van der Waals surface area (Å²) in [7, 11) is 1.70. The number of piperazine rings is 1. The summed E-state index contributed by atoms with van der Waals surface area (Å²) < 4.78 is 7.52. The summed E-state index contributed by atoms with van der Waals surface area (Å²) in [6, 6.07) is 25.3. The van der Waals surface area contributed by atoms with Gasteiger partial charge in [0.15, 0.2) is 0 Å². The molecular weight excluding hydrogens is 398 g/mol. The zero-order valence-electron chi connectivity index (χ0n) is 18.7. The molecule has 0 aliphatic carbocycles. The molecule has 1 saturated heterocycles. The maximum Gasteiger partial charge on any atom is 0.118 e. The fraction of sp³-hybridized carbons (Fsp3) is 0.333. The summed E-state index contributed by atoms with van der Waals surface area (Å²) in [6.07, 6.45) is -0.401. The Balaban J connectivity index is 1.19. The molecule has 3 aromatic carbocycles. The van der Waals surface area contributed by atoms with Crippen LogP contribution in [0, 0.1) is 0 Å². The van der Waals surface area contributed by atoms with Gasteiger partial charge in [-0.25, -0.2) is 0 Å². The summed E-state index contributed by atoms with van der Waals surface area (Å²) in [5, 5.41) is 13.5. The molecule has 5 heteroatoms. The minimum absolute atomic E-state index is 0.401. The van der Waals surface area contributed by atoms with Gasteiger partial charge in [0.05, 0.1) is 19.8 Å². The average Bonchev–Trinajstić information content (AvgIpc) is 3.15. The van der Waals surface area contributed by atoms with Crippen LogP contribution in [0.25, 0.3) is 21.8 Å². The number of benzene rings is 3. The van der Waals surface area contributed by atoms with Crippen molar-refractivity contribution in [3.63, 3.8) is 0 Å². The zero-order valence-corrected chi connectivity index (χ0v) is 18.7. The summed E-state index contributed by atoms with van der Waals surface area (Å²) in [6.45, 7) is 6.29. The zero-order chi connectivity index (χ0) is 21.9. The van der Waals surface area contributed by atoms with Gasteiger partial charge in [-0.05, 0) is 29.8 Å². The molecule has 1 atom stereocenters. The molecule has 0 unspecified atom stereocenters. The highest BCUT2D eigenvalue weighted by Gasteiger charge is 2.20. The SMILES string of the molecule is COc1ccc(CN2CCN(C[C@@H](O)Cn3c4ccccc4c4ccccc43)CC2)cc1. The van der Waals surface area contributed by atoms with Gasteiger partial charge in [0.1, 0.15) is 5.75 Å². The summed E-state index contributed by atoms with van der Waals surface area (Å²) >= 11 is 0. The highest BCUT2D eigenvalue weighted by atomic mass is 16.5. The Morgan fingerprint density at radius 3 is 1.91 bits per heavy atom. The van der Waals surface area contributed by atoms with Crippen molar-refractivity contribution in [2.24, 2.45) is 0 Å². The van der Waals surface area contributed by atoms with Crippen LogP contribution >= 0.6 is 0 Å². The third kappa shape index (κ3) is 4.37. The molecule has 5 nitrogen and oxygen atoms in total. The molecule has 0 spiro atoms. The van der Waals surface area contributed by atoms with E-state index in [0.717, 1.165) is 38.5 Å². The number of aliphatic hydroxyl groups excluding tert-OH is 1. The lowest BCUT2D eigenvalue weighted by atomic mass is 10.2. The van der Waals surface area contributed by atoms with Crippen LogP contribution in [0.2, 0.25) is 0 Å². The first kappa shape index (κ1) is 21.0. The Labute approximate surface area is 189 Å². The second-order valence-electron chi connectivity index (χ2n) is 8.72. The standard InChI is InChI=1S/C27H31N3O2/c1-32-23-12-10-21(11-13-23)18-28-14-16-29(17-15-28)19-22(31)20-30-26-8-4-2-6-24(26)25-7-3-5-9-27(25)30/h2-13,22,31H,14-20H2,1H3/t22-/m1/s1. The number of methoxy groups -OCH3 is 1. The van der Waals surface area contributed by atoms with Gasteiger partial charge in [0.25, 0.3) is 0 Å². The van der Waals surface area contributed by atoms with Gasteiger partial charge in [-0.2, -0.15) is 0 Å². The largest absolute Gasteiger partial charge is 0.497 e. The minimum Gasteiger partial charge on any atom is -0.497 e. The van der Waals surface area contributed by atoms with Gasteiger partial charge in [-0.15, -0.1) is 0 Å². The van der Waals surface area contributed by atoms with Crippen molar-refractivity contribution >= 4 is 21.8 Å². The van der Waals surface area contributed by atoms with Crippen LogP contribution in [0.3, 0.4) is 0 Å². The third-order valence-corrected chi connectivity index (χ3v) is 6.57. The molecule has 0 amide bonds. The molecule has 1 N–H and O–H groups in total. The Kier molecular flexibility index (Phi) is 6.12. The van der Waals surface area contributed by atoms with Crippen LogP contribution in [0.5, 0.6) is 5.75 Å². The van der Waals surface area contributed by atoms with E-state index in [2.05, 4.69) is 75.0 Å². The van der Waals surface area contributed by atoms with Crippen LogP contribution in [-0.4, -0.2) is 65.4 Å². The molecule has 5 rings (SSSR count). The Hall–Kier alpha value is -2.86. The lowest BCUT2D eigenvalue weighted by molar-refractivity contribution is 0.0634. The fourth-order valence-electron chi connectivity index (χ4n) is 4.89. The van der Waals surface area contributed by atoms with E-state index in [1.807, 2.05) is 12.1 Å². The lowest BCUT2D eigenvalue weighted by Gasteiger charge is -2.35. The number of ether oxygens (including phenoxy) is 1. The molecule has 1 fully saturated rings. The summed E-state index contributed by atoms with van der Waals surface area (Å²) in [5.41, 5.74) is 3.69. The molecule has 1 aromatic heterocycles. The van der Waals surface area contributed by atoms with E-state index >= 15 is 0 Å². The monoisotopic (exact) mass is 429 g/mol. The number of β-amino-alcohol motifs (C(OH)–C–C–N with tert-alkyl or cyclic N) is 1. The maximum atomic E-state index is 11.0. The number of hydrogen-bond acceptors (Lipinski definition) is 4. The van der Waals surface area contributed by atoms with Crippen molar-refractivity contribution in [1.82, 2.24) is 14.4 Å². The third-order valence-electron chi connectivity index (χ3n) is 6.57. The Morgan fingerprint density at radius 2 is 1.31 bits per heavy atom. The average molecular weight is 430 g/mol. The number of aliphatic hydroxyl groups is 1. The van der Waals surface area contributed by atoms with Gasteiger partial charge in [-0.3, -0.25) is 9.80 Å². The molecule has 0 radical (unpaired) electrons. The fourth-order valence-corrected chi connectivity index (χ4v) is 4.89. The molecular formula is C27H31N3O2. The smallest absolute Gasteiger partial charge is 0.118 e. The van der Waals surface area contributed by atoms with Crippen molar-refractivity contribution in [2.75, 3.05) is 39.8 Å². The molecule has 0 saturated carbocycles. The van der Waals surface area contributed by atoms with E-state index in [9.17, 15) is 5.11 Å². The van der Waals surface area contributed by atoms with E-state index in [1.54, 1.807) is 7.11 Å². The molecule has 4 aromatic rings. The first-order valence-corrected chi connectivity index (χ1v) is 11.4. The summed E-state index contributed by atoms with van der Waals surface area (Å²) in [5.74, 6) is 0.899. The van der Waals surface area contributed by atoms with Gasteiger partial charge in [-0.1, -0.05) is 48.5 Å². The van der Waals surface area contributed by atoms with E-state index in [-0.39, 0.29) is 0 Å². The number of rotatable bonds is 7. The first-order valence-electron chi connectivity index (χ1n) is 11.4. The van der Waals surface area contributed by atoms with Crippen LogP contribution < -0.4 is 4.74 Å². The van der Waals surface area contributed by atoms with Crippen LogP contribution in [0.1, 0.15) is 5.56 Å². The minimum atomic E-state index is -0.401. The Bertz CT molecular complexity index is 1120. The molecule has 166 valence electrons. The number of aromatic nitrogens is 1. The van der Waals surface area contributed by atoms with Crippen molar-refractivity contribution in [3.05, 3.63) is 78.4 Å². The van der Waals surface area contributed by atoms with E-state index in [0.29, 0.717) is 13.1 Å². The van der Waals surface area contributed by atoms with Crippen molar-refractivity contribution < 1.29 is 9.84 Å². The lowest BCUT2D eigenvalue weighted by Crippen LogP contribution is -2.48. The molecule has 1 aliphatic heterocycles. The molecule has 1 aliphatic rings. The summed E-state index contributed by atoms with van der Waals surface area (Å²) in [4.78, 5) is 4.88. The number of para-hydroxylation sites is 2. The molecule has 0 bridgehead atoms. The normalized spacial score (nSPS) is 16.6. The quantitative estimate of drug-likeness (QED) is 0.482. The Morgan fingerprint density at radius 1 is 0.750 bits per heavy atom. The first-order chi connectivity index (χ1) is 15.7. The predicted octanol–water partition coefficient (Wildman–Crippen LogP) is 3.98. The van der Waals surface area contributed by atoms with Crippen molar-refractivity contribution in [2.45, 2.75) is 19.2 Å². The maximum absolute atomic E-state index is 11.0. The second kappa shape index (κ2) is 9.33. The predicted molar refractivity (Wildman–Crippen MR) is 130 cm³/mol. The van der Waals surface area contributed by atoms with Crippen molar-refractivity contribution in [3.8, 4) is 5.75 Å². The van der Waals surface area contributed by atoms with Gasteiger partial charge in [0.2, 0.25) is 0 Å². The number of hydrogen-bond donors (Lipinski definition) is 1. The van der Waals surface area contributed by atoms with Crippen LogP contribution in [0.4, 0.5) is 0 Å². The molecule has 2 heterocycles. The van der Waals surface area contributed by atoms with Crippen LogP contribution in [-0.2, 0) is 13.1 Å². The van der Waals surface area contributed by atoms with Gasteiger partial charge < -0.3 is 14.4 Å². The van der Waals surface area contributed by atoms with E-state index < -0.39 is 6.10 Å². The van der Waals surface area contributed by atoms with E-state index in [4.69, 9.17) is 4.74 Å². The highest BCUT2D eigenvalue weighted by Crippen LogP contribution is 2.29. The number of nitrogens with zero attached hydrogens (tertiary/aromatic N) is 3. The topological polar surface area (TPSA) is 40.9 Å². The molecule has 32 heavy (non-hydrogen) atoms. The van der Waals surface area contributed by atoms with Gasteiger partial charge >= 0.3 is 0 Å². The van der Waals surface area contributed by atoms with Crippen LogP contribution in [0.15, 0.2) is 72.8 Å².